The van der Waals surface area contributed by atoms with Gasteiger partial charge in [0, 0.05) is 26.2 Å². The predicted octanol–water partition coefficient (Wildman–Crippen LogP) is 2.46. The molecule has 106 valence electrons. The fourth-order valence-electron chi connectivity index (χ4n) is 3.65. The molecule has 2 saturated heterocycles. The highest BCUT2D eigenvalue weighted by Gasteiger charge is 2.36. The zero-order valence-electron chi connectivity index (χ0n) is 12.4. The van der Waals surface area contributed by atoms with Crippen molar-refractivity contribution < 1.29 is 0 Å². The molecule has 1 aromatic carbocycles. The highest BCUT2D eigenvalue weighted by atomic mass is 15.2. The van der Waals surface area contributed by atoms with Gasteiger partial charge in [-0.3, -0.25) is 9.80 Å². The Balaban J connectivity index is 1.54. The van der Waals surface area contributed by atoms with Crippen LogP contribution in [0, 0.1) is 23.7 Å². The minimum Gasteiger partial charge on any atom is -0.299 e. The van der Waals surface area contributed by atoms with Crippen LogP contribution < -0.4 is 0 Å². The number of hydrogen-bond donors (Lipinski definition) is 0. The minimum absolute atomic E-state index is 0.853. The third kappa shape index (κ3) is 3.23. The summed E-state index contributed by atoms with van der Waals surface area (Å²) in [6.07, 6.45) is 1.35. The van der Waals surface area contributed by atoms with Crippen molar-refractivity contribution >= 4 is 0 Å². The topological polar surface area (TPSA) is 6.48 Å². The van der Waals surface area contributed by atoms with E-state index in [-0.39, 0.29) is 0 Å². The molecule has 2 heterocycles. The molecule has 3 rings (SSSR count). The Kier molecular flexibility index (Phi) is 4.40. The zero-order valence-corrected chi connectivity index (χ0v) is 12.4. The van der Waals surface area contributed by atoms with Gasteiger partial charge in [-0.1, -0.05) is 36.3 Å². The monoisotopic (exact) mass is 268 g/mol. The lowest BCUT2D eigenvalue weighted by Gasteiger charge is -2.34. The van der Waals surface area contributed by atoms with E-state index in [2.05, 4.69) is 52.0 Å². The standard InChI is InChI=1S/C18H24N2/c1-2-3-10-19-13-17-9-11-20(15-18(17)14-19)12-16-7-5-4-6-8-16/h4-8,17-18H,9-15H2,1H3. The predicted molar refractivity (Wildman–Crippen MR) is 83.2 cm³/mol. The first-order valence-electron chi connectivity index (χ1n) is 7.73. The van der Waals surface area contributed by atoms with Gasteiger partial charge in [0.1, 0.15) is 0 Å². The second-order valence-electron chi connectivity index (χ2n) is 6.15. The Morgan fingerprint density at radius 3 is 2.60 bits per heavy atom. The summed E-state index contributed by atoms with van der Waals surface area (Å²) >= 11 is 0. The maximum absolute atomic E-state index is 3.21. The van der Waals surface area contributed by atoms with E-state index in [4.69, 9.17) is 0 Å². The summed E-state index contributed by atoms with van der Waals surface area (Å²) in [7, 11) is 0. The van der Waals surface area contributed by atoms with Crippen molar-refractivity contribution in [2.24, 2.45) is 11.8 Å². The molecule has 20 heavy (non-hydrogen) atoms. The van der Waals surface area contributed by atoms with Crippen LogP contribution in [0.15, 0.2) is 30.3 Å². The number of piperidine rings is 1. The first-order valence-corrected chi connectivity index (χ1v) is 7.73. The lowest BCUT2D eigenvalue weighted by molar-refractivity contribution is 0.142. The second-order valence-corrected chi connectivity index (χ2v) is 6.15. The van der Waals surface area contributed by atoms with Crippen LogP contribution in [0.2, 0.25) is 0 Å². The number of nitrogens with zero attached hydrogens (tertiary/aromatic N) is 2. The van der Waals surface area contributed by atoms with Crippen molar-refractivity contribution in [3.8, 4) is 11.8 Å². The summed E-state index contributed by atoms with van der Waals surface area (Å²) in [5.74, 6) is 7.98. The van der Waals surface area contributed by atoms with Gasteiger partial charge in [-0.05, 0) is 37.3 Å². The SMILES string of the molecule is CC#CCN1CC2CCN(Cc3ccccc3)CC2C1. The van der Waals surface area contributed by atoms with E-state index in [1.807, 2.05) is 6.92 Å². The van der Waals surface area contributed by atoms with Gasteiger partial charge in [0.2, 0.25) is 0 Å². The number of hydrogen-bond acceptors (Lipinski definition) is 2. The largest absolute Gasteiger partial charge is 0.299 e. The molecule has 0 saturated carbocycles. The van der Waals surface area contributed by atoms with Crippen molar-refractivity contribution in [1.29, 1.82) is 0 Å². The molecule has 0 radical (unpaired) electrons. The van der Waals surface area contributed by atoms with Gasteiger partial charge in [0.15, 0.2) is 0 Å². The summed E-state index contributed by atoms with van der Waals surface area (Å²) in [5.41, 5.74) is 1.44. The Bertz CT molecular complexity index is 485. The van der Waals surface area contributed by atoms with E-state index >= 15 is 0 Å². The molecule has 0 spiro atoms. The number of benzene rings is 1. The van der Waals surface area contributed by atoms with E-state index in [1.165, 1.54) is 38.2 Å². The van der Waals surface area contributed by atoms with Crippen LogP contribution in [0.1, 0.15) is 18.9 Å². The molecule has 0 amide bonds. The van der Waals surface area contributed by atoms with Crippen molar-refractivity contribution in [2.45, 2.75) is 19.9 Å². The third-order valence-electron chi connectivity index (χ3n) is 4.69. The van der Waals surface area contributed by atoms with Gasteiger partial charge in [-0.15, -0.1) is 5.92 Å². The van der Waals surface area contributed by atoms with Gasteiger partial charge >= 0.3 is 0 Å². The van der Waals surface area contributed by atoms with Crippen LogP contribution in [0.3, 0.4) is 0 Å². The molecule has 2 aliphatic rings. The molecular formula is C18H24N2. The van der Waals surface area contributed by atoms with E-state index in [9.17, 15) is 0 Å². The summed E-state index contributed by atoms with van der Waals surface area (Å²) in [6, 6.07) is 10.9. The molecule has 2 atom stereocenters. The molecule has 2 unspecified atom stereocenters. The van der Waals surface area contributed by atoms with Crippen LogP contribution in [-0.2, 0) is 6.54 Å². The Hall–Kier alpha value is -1.30. The fraction of sp³-hybridized carbons (Fsp3) is 0.556. The highest BCUT2D eigenvalue weighted by Crippen LogP contribution is 2.31. The lowest BCUT2D eigenvalue weighted by atomic mass is 9.88. The van der Waals surface area contributed by atoms with Crippen molar-refractivity contribution in [3.05, 3.63) is 35.9 Å². The molecule has 0 bridgehead atoms. The molecule has 2 heteroatoms. The molecule has 2 nitrogen and oxygen atoms in total. The fourth-order valence-corrected chi connectivity index (χ4v) is 3.65. The molecule has 0 aromatic heterocycles. The number of fused-ring (bicyclic) bond motifs is 1. The van der Waals surface area contributed by atoms with Gasteiger partial charge in [-0.25, -0.2) is 0 Å². The smallest absolute Gasteiger partial charge is 0.0601 e. The van der Waals surface area contributed by atoms with Crippen LogP contribution in [0.25, 0.3) is 0 Å². The van der Waals surface area contributed by atoms with Gasteiger partial charge in [-0.2, -0.15) is 0 Å². The Morgan fingerprint density at radius 1 is 1.05 bits per heavy atom. The minimum atomic E-state index is 0.853. The lowest BCUT2D eigenvalue weighted by Crippen LogP contribution is -2.39. The maximum Gasteiger partial charge on any atom is 0.0601 e. The number of rotatable bonds is 3. The van der Waals surface area contributed by atoms with Crippen molar-refractivity contribution in [1.82, 2.24) is 9.80 Å². The van der Waals surface area contributed by atoms with E-state index in [1.54, 1.807) is 0 Å². The quantitative estimate of drug-likeness (QED) is 0.777. The molecule has 1 aromatic rings. The molecule has 0 N–H and O–H groups in total. The highest BCUT2D eigenvalue weighted by molar-refractivity contribution is 5.14. The van der Waals surface area contributed by atoms with Crippen LogP contribution in [0.5, 0.6) is 0 Å². The number of likely N-dealkylation sites (tertiary alicyclic amines) is 2. The zero-order chi connectivity index (χ0) is 13.8. The molecule has 2 fully saturated rings. The first-order chi connectivity index (χ1) is 9.85. The summed E-state index contributed by atoms with van der Waals surface area (Å²) in [5, 5.41) is 0. The van der Waals surface area contributed by atoms with E-state index in [0.717, 1.165) is 24.9 Å². The van der Waals surface area contributed by atoms with Gasteiger partial charge < -0.3 is 0 Å². The van der Waals surface area contributed by atoms with E-state index < -0.39 is 0 Å². The van der Waals surface area contributed by atoms with Gasteiger partial charge in [0.05, 0.1) is 6.54 Å². The molecule has 2 aliphatic heterocycles. The normalized spacial score (nSPS) is 26.9. The van der Waals surface area contributed by atoms with Gasteiger partial charge in [0.25, 0.3) is 0 Å². The molecule has 0 aliphatic carbocycles. The maximum atomic E-state index is 3.21. The van der Waals surface area contributed by atoms with E-state index in [0.29, 0.717) is 0 Å². The first kappa shape index (κ1) is 13.7. The summed E-state index contributed by atoms with van der Waals surface area (Å²) in [6.45, 7) is 9.02. The molecular weight excluding hydrogens is 244 g/mol. The Labute approximate surface area is 122 Å². The summed E-state index contributed by atoms with van der Waals surface area (Å²) in [4.78, 5) is 5.17. The van der Waals surface area contributed by atoms with Crippen LogP contribution in [-0.4, -0.2) is 42.5 Å². The second kappa shape index (κ2) is 6.43. The Morgan fingerprint density at radius 2 is 1.80 bits per heavy atom. The average Bonchev–Trinajstić information content (AvgIpc) is 2.88. The third-order valence-corrected chi connectivity index (χ3v) is 4.69. The van der Waals surface area contributed by atoms with Crippen molar-refractivity contribution in [3.63, 3.8) is 0 Å². The summed E-state index contributed by atoms with van der Waals surface area (Å²) < 4.78 is 0. The van der Waals surface area contributed by atoms with Crippen LogP contribution >= 0.6 is 0 Å². The average molecular weight is 268 g/mol. The van der Waals surface area contributed by atoms with Crippen LogP contribution in [0.4, 0.5) is 0 Å². The van der Waals surface area contributed by atoms with Crippen molar-refractivity contribution in [2.75, 3.05) is 32.7 Å².